The standard InChI is InChI=1S/C13H22N4O3/c1-4-9(2)17-10(3)11(8-15-17)16-13(20)14-7-5-6-12(18)19/h8-9H,4-7H2,1-3H3,(H,18,19)(H2,14,16,20). The van der Waals surface area contributed by atoms with E-state index in [4.69, 9.17) is 5.11 Å². The van der Waals surface area contributed by atoms with Crippen molar-refractivity contribution in [1.29, 1.82) is 0 Å². The number of amides is 2. The number of carboxylic acid groups (broad SMARTS) is 1. The lowest BCUT2D eigenvalue weighted by molar-refractivity contribution is -0.137. The van der Waals surface area contributed by atoms with Crippen molar-refractivity contribution in [3.63, 3.8) is 0 Å². The highest BCUT2D eigenvalue weighted by atomic mass is 16.4. The van der Waals surface area contributed by atoms with E-state index in [0.717, 1.165) is 12.1 Å². The Labute approximate surface area is 118 Å². The first-order chi connectivity index (χ1) is 9.45. The summed E-state index contributed by atoms with van der Waals surface area (Å²) < 4.78 is 1.88. The van der Waals surface area contributed by atoms with Crippen LogP contribution in [0.25, 0.3) is 0 Å². The molecule has 3 N–H and O–H groups in total. The van der Waals surface area contributed by atoms with Crippen LogP contribution >= 0.6 is 0 Å². The fraction of sp³-hybridized carbons (Fsp3) is 0.615. The largest absolute Gasteiger partial charge is 0.481 e. The first-order valence-electron chi connectivity index (χ1n) is 6.76. The number of nitrogens with zero attached hydrogens (tertiary/aromatic N) is 2. The summed E-state index contributed by atoms with van der Waals surface area (Å²) in [7, 11) is 0. The molecular formula is C13H22N4O3. The Morgan fingerprint density at radius 1 is 1.50 bits per heavy atom. The Morgan fingerprint density at radius 3 is 2.80 bits per heavy atom. The van der Waals surface area contributed by atoms with Crippen molar-refractivity contribution >= 4 is 17.7 Å². The molecule has 0 fully saturated rings. The monoisotopic (exact) mass is 282 g/mol. The van der Waals surface area contributed by atoms with Crippen molar-refractivity contribution in [2.75, 3.05) is 11.9 Å². The van der Waals surface area contributed by atoms with Crippen molar-refractivity contribution < 1.29 is 14.7 Å². The van der Waals surface area contributed by atoms with Gasteiger partial charge in [-0.25, -0.2) is 4.79 Å². The number of anilines is 1. The van der Waals surface area contributed by atoms with Gasteiger partial charge in [-0.3, -0.25) is 9.48 Å². The van der Waals surface area contributed by atoms with Crippen LogP contribution in [0.2, 0.25) is 0 Å². The molecular weight excluding hydrogens is 260 g/mol. The van der Waals surface area contributed by atoms with Crippen LogP contribution in [0.4, 0.5) is 10.5 Å². The molecule has 7 heteroatoms. The second-order valence-electron chi connectivity index (χ2n) is 4.72. The molecule has 0 bridgehead atoms. The number of hydrogen-bond acceptors (Lipinski definition) is 3. The third-order valence-corrected chi connectivity index (χ3v) is 3.15. The molecule has 0 saturated heterocycles. The van der Waals surface area contributed by atoms with Gasteiger partial charge in [0.15, 0.2) is 0 Å². The van der Waals surface area contributed by atoms with E-state index in [2.05, 4.69) is 29.6 Å². The van der Waals surface area contributed by atoms with Crippen LogP contribution in [0.15, 0.2) is 6.20 Å². The second-order valence-corrected chi connectivity index (χ2v) is 4.72. The van der Waals surface area contributed by atoms with Gasteiger partial charge in [0.2, 0.25) is 0 Å². The predicted octanol–water partition coefficient (Wildman–Crippen LogP) is 2.15. The van der Waals surface area contributed by atoms with Gasteiger partial charge >= 0.3 is 12.0 Å². The number of urea groups is 1. The summed E-state index contributed by atoms with van der Waals surface area (Å²) >= 11 is 0. The molecule has 20 heavy (non-hydrogen) atoms. The Bertz CT molecular complexity index is 470. The maximum atomic E-state index is 11.7. The minimum absolute atomic E-state index is 0.0469. The van der Waals surface area contributed by atoms with E-state index in [0.29, 0.717) is 18.7 Å². The minimum atomic E-state index is -0.863. The summed E-state index contributed by atoms with van der Waals surface area (Å²) in [6.07, 6.45) is 3.04. The average molecular weight is 282 g/mol. The van der Waals surface area contributed by atoms with Crippen molar-refractivity contribution in [2.45, 2.75) is 46.1 Å². The van der Waals surface area contributed by atoms with Crippen LogP contribution in [0.3, 0.4) is 0 Å². The molecule has 1 unspecified atom stereocenters. The molecule has 0 aliphatic carbocycles. The third kappa shape index (κ3) is 4.56. The lowest BCUT2D eigenvalue weighted by Crippen LogP contribution is -2.30. The first-order valence-corrected chi connectivity index (χ1v) is 6.76. The number of aliphatic carboxylic acids is 1. The second kappa shape index (κ2) is 7.52. The first kappa shape index (κ1) is 16.0. The van der Waals surface area contributed by atoms with E-state index < -0.39 is 5.97 Å². The Balaban J connectivity index is 2.46. The molecule has 0 radical (unpaired) electrons. The number of aromatic nitrogens is 2. The molecule has 1 aromatic heterocycles. The summed E-state index contributed by atoms with van der Waals surface area (Å²) in [5, 5.41) is 18.1. The Morgan fingerprint density at radius 2 is 2.20 bits per heavy atom. The molecule has 1 atom stereocenters. The van der Waals surface area contributed by atoms with Crippen LogP contribution in [0.1, 0.15) is 44.8 Å². The van der Waals surface area contributed by atoms with Gasteiger partial charge in [0.1, 0.15) is 0 Å². The van der Waals surface area contributed by atoms with Gasteiger partial charge in [0.05, 0.1) is 17.6 Å². The van der Waals surface area contributed by atoms with E-state index >= 15 is 0 Å². The molecule has 1 aromatic rings. The number of nitrogens with one attached hydrogen (secondary N) is 2. The number of carboxylic acids is 1. The lowest BCUT2D eigenvalue weighted by atomic mass is 10.2. The number of carbonyl (C=O) groups excluding carboxylic acids is 1. The quantitative estimate of drug-likeness (QED) is 0.668. The van der Waals surface area contributed by atoms with E-state index in [9.17, 15) is 9.59 Å². The molecule has 2 amide bonds. The lowest BCUT2D eigenvalue weighted by Gasteiger charge is -2.12. The normalized spacial score (nSPS) is 11.9. The fourth-order valence-corrected chi connectivity index (χ4v) is 1.77. The summed E-state index contributed by atoms with van der Waals surface area (Å²) in [5.41, 5.74) is 1.57. The number of hydrogen-bond donors (Lipinski definition) is 3. The highest BCUT2D eigenvalue weighted by Crippen LogP contribution is 2.19. The summed E-state index contributed by atoms with van der Waals surface area (Å²) in [6.45, 7) is 6.37. The van der Waals surface area contributed by atoms with Crippen LogP contribution in [-0.2, 0) is 4.79 Å². The van der Waals surface area contributed by atoms with Gasteiger partial charge in [-0.15, -0.1) is 0 Å². The maximum Gasteiger partial charge on any atom is 0.319 e. The average Bonchev–Trinajstić information content (AvgIpc) is 2.75. The third-order valence-electron chi connectivity index (χ3n) is 3.15. The van der Waals surface area contributed by atoms with Crippen molar-refractivity contribution in [3.05, 3.63) is 11.9 Å². The highest BCUT2D eigenvalue weighted by molar-refractivity contribution is 5.89. The summed E-state index contributed by atoms with van der Waals surface area (Å²) in [5.74, 6) is -0.863. The van der Waals surface area contributed by atoms with Crippen LogP contribution in [0.5, 0.6) is 0 Å². The Kier molecular flexibility index (Phi) is 6.02. The predicted molar refractivity (Wildman–Crippen MR) is 75.9 cm³/mol. The molecule has 0 aromatic carbocycles. The Hall–Kier alpha value is -2.05. The highest BCUT2D eigenvalue weighted by Gasteiger charge is 2.12. The molecule has 0 aliphatic rings. The van der Waals surface area contributed by atoms with Gasteiger partial charge in [-0.05, 0) is 26.7 Å². The van der Waals surface area contributed by atoms with Crippen LogP contribution in [-0.4, -0.2) is 33.4 Å². The zero-order chi connectivity index (χ0) is 15.1. The van der Waals surface area contributed by atoms with E-state index in [1.807, 2.05) is 11.6 Å². The zero-order valence-electron chi connectivity index (χ0n) is 12.1. The molecule has 1 heterocycles. The zero-order valence-corrected chi connectivity index (χ0v) is 12.1. The molecule has 112 valence electrons. The molecule has 0 saturated carbocycles. The summed E-state index contributed by atoms with van der Waals surface area (Å²) in [4.78, 5) is 22.0. The fourth-order valence-electron chi connectivity index (χ4n) is 1.77. The van der Waals surface area contributed by atoms with Crippen molar-refractivity contribution in [2.24, 2.45) is 0 Å². The number of carbonyl (C=O) groups is 2. The minimum Gasteiger partial charge on any atom is -0.481 e. The van der Waals surface area contributed by atoms with Gasteiger partial charge in [-0.2, -0.15) is 5.10 Å². The smallest absolute Gasteiger partial charge is 0.319 e. The van der Waals surface area contributed by atoms with Gasteiger partial charge < -0.3 is 15.7 Å². The van der Waals surface area contributed by atoms with Crippen LogP contribution < -0.4 is 10.6 Å². The van der Waals surface area contributed by atoms with Crippen LogP contribution in [0, 0.1) is 6.92 Å². The molecule has 7 nitrogen and oxygen atoms in total. The molecule has 0 aliphatic heterocycles. The topological polar surface area (TPSA) is 96.3 Å². The van der Waals surface area contributed by atoms with E-state index in [1.165, 1.54) is 0 Å². The van der Waals surface area contributed by atoms with Gasteiger partial charge in [0, 0.05) is 19.0 Å². The maximum absolute atomic E-state index is 11.7. The van der Waals surface area contributed by atoms with Crippen molar-refractivity contribution in [1.82, 2.24) is 15.1 Å². The SMILES string of the molecule is CCC(C)n1ncc(NC(=O)NCCCC(=O)O)c1C. The van der Waals surface area contributed by atoms with E-state index in [-0.39, 0.29) is 18.5 Å². The van der Waals surface area contributed by atoms with Gasteiger partial charge in [0.25, 0.3) is 0 Å². The van der Waals surface area contributed by atoms with Crippen molar-refractivity contribution in [3.8, 4) is 0 Å². The summed E-state index contributed by atoms with van der Waals surface area (Å²) in [6, 6.07) is -0.0635. The number of rotatable bonds is 7. The molecule has 0 spiro atoms. The molecule has 1 rings (SSSR count). The van der Waals surface area contributed by atoms with Gasteiger partial charge in [-0.1, -0.05) is 6.92 Å². The van der Waals surface area contributed by atoms with E-state index in [1.54, 1.807) is 6.20 Å².